The molecule has 2 atom stereocenters. The summed E-state index contributed by atoms with van der Waals surface area (Å²) in [6, 6.07) is 22.7. The number of aryl methyl sites for hydroxylation is 2. The standard InChI is InChI=1S/C48H46Cl4N8O8/c1-5-67-38-25-33(55-47(65)42(27(3)61)59-57-36-17-9-15-34(40(36)51)45(63)53-31-13-7-11-29(23-31)19-21-49)26-39(68-6-2)44(38)56-48(66)43(28(4)62)60-58-37-18-10-16-35(41(37)52)46(64)54-32-14-8-12-30(24-32)20-22-50/h7-18,23-26,42-43H,5-6,19-22H2,1-4H3,(H,53,63)(H,54,64)(H,55,65)(H,56,66). The van der Waals surface area contributed by atoms with Gasteiger partial charge in [0.15, 0.2) is 11.6 Å². The first-order valence-corrected chi connectivity index (χ1v) is 22.9. The van der Waals surface area contributed by atoms with Crippen LogP contribution in [0.4, 0.5) is 34.1 Å². The molecular weight excluding hydrogens is 958 g/mol. The van der Waals surface area contributed by atoms with Crippen molar-refractivity contribution in [2.24, 2.45) is 20.5 Å². The summed E-state index contributed by atoms with van der Waals surface area (Å²) in [4.78, 5) is 79.4. The fraction of sp³-hybridized carbons (Fsp3) is 0.250. The van der Waals surface area contributed by atoms with Crippen LogP contribution in [0.15, 0.2) is 118 Å². The third kappa shape index (κ3) is 14.2. The highest BCUT2D eigenvalue weighted by Crippen LogP contribution is 2.39. The van der Waals surface area contributed by atoms with Crippen molar-refractivity contribution in [2.75, 3.05) is 46.2 Å². The van der Waals surface area contributed by atoms with E-state index < -0.39 is 47.3 Å². The Balaban J connectivity index is 1.34. The van der Waals surface area contributed by atoms with Gasteiger partial charge in [-0.1, -0.05) is 59.6 Å². The number of carbonyl (C=O) groups excluding carboxylic acids is 6. The Morgan fingerprint density at radius 3 is 1.35 bits per heavy atom. The van der Waals surface area contributed by atoms with E-state index in [9.17, 15) is 28.8 Å². The number of ketones is 2. The molecule has 354 valence electrons. The molecule has 0 aliphatic rings. The molecule has 68 heavy (non-hydrogen) atoms. The predicted molar refractivity (Wildman–Crippen MR) is 265 cm³/mol. The Morgan fingerprint density at radius 1 is 0.544 bits per heavy atom. The van der Waals surface area contributed by atoms with Crippen molar-refractivity contribution in [1.82, 2.24) is 0 Å². The summed E-state index contributed by atoms with van der Waals surface area (Å²) in [5, 5.41) is 26.8. The molecule has 0 spiro atoms. The summed E-state index contributed by atoms with van der Waals surface area (Å²) in [7, 11) is 0. The largest absolute Gasteiger partial charge is 0.491 e. The summed E-state index contributed by atoms with van der Waals surface area (Å²) in [5.74, 6) is -3.35. The van der Waals surface area contributed by atoms with Gasteiger partial charge in [0.05, 0.1) is 34.4 Å². The second kappa shape index (κ2) is 25.4. The van der Waals surface area contributed by atoms with Crippen LogP contribution in [0, 0.1) is 0 Å². The lowest BCUT2D eigenvalue weighted by atomic mass is 10.1. The molecule has 16 nitrogen and oxygen atoms in total. The zero-order valence-corrected chi connectivity index (χ0v) is 40.2. The van der Waals surface area contributed by atoms with Gasteiger partial charge in [-0.3, -0.25) is 28.8 Å². The summed E-state index contributed by atoms with van der Waals surface area (Å²) >= 11 is 24.9. The van der Waals surface area contributed by atoms with E-state index in [-0.39, 0.29) is 68.6 Å². The molecule has 5 rings (SSSR count). The predicted octanol–water partition coefficient (Wildman–Crippen LogP) is 11.2. The topological polar surface area (TPSA) is 218 Å². The summed E-state index contributed by atoms with van der Waals surface area (Å²) in [6.07, 6.45) is 1.22. The molecule has 4 N–H and O–H groups in total. The first-order chi connectivity index (χ1) is 32.7. The molecule has 0 radical (unpaired) electrons. The van der Waals surface area contributed by atoms with Gasteiger partial charge in [0.1, 0.15) is 28.6 Å². The van der Waals surface area contributed by atoms with E-state index in [1.165, 1.54) is 48.5 Å². The molecule has 0 aromatic heterocycles. The molecule has 0 heterocycles. The van der Waals surface area contributed by atoms with E-state index in [0.717, 1.165) is 25.0 Å². The first kappa shape index (κ1) is 52.3. The number of rotatable bonds is 22. The number of amides is 4. The molecule has 0 saturated carbocycles. The molecular formula is C48H46Cl4N8O8. The number of alkyl halides is 2. The van der Waals surface area contributed by atoms with Gasteiger partial charge < -0.3 is 30.7 Å². The molecule has 0 aliphatic heterocycles. The molecule has 20 heteroatoms. The van der Waals surface area contributed by atoms with Crippen molar-refractivity contribution in [3.05, 3.63) is 129 Å². The number of ether oxygens (including phenoxy) is 2. The number of benzene rings is 5. The number of halogens is 4. The molecule has 0 aliphatic carbocycles. The van der Waals surface area contributed by atoms with E-state index >= 15 is 0 Å². The van der Waals surface area contributed by atoms with E-state index in [0.29, 0.717) is 36.0 Å². The van der Waals surface area contributed by atoms with Crippen LogP contribution in [0.2, 0.25) is 10.0 Å². The number of nitrogens with zero attached hydrogens (tertiary/aromatic N) is 4. The lowest BCUT2D eigenvalue weighted by molar-refractivity contribution is -0.127. The fourth-order valence-electron chi connectivity index (χ4n) is 6.37. The van der Waals surface area contributed by atoms with Crippen molar-refractivity contribution >= 4 is 116 Å². The number of azo groups is 2. The number of carbonyl (C=O) groups is 6. The monoisotopic (exact) mass is 1000 g/mol. The number of hydrogen-bond donors (Lipinski definition) is 4. The minimum Gasteiger partial charge on any atom is -0.491 e. The van der Waals surface area contributed by atoms with Gasteiger partial charge in [-0.05, 0) is 100 Å². The first-order valence-electron chi connectivity index (χ1n) is 21.0. The van der Waals surface area contributed by atoms with Crippen molar-refractivity contribution in [3.8, 4) is 11.5 Å². The molecule has 0 saturated heterocycles. The molecule has 5 aromatic rings. The number of hydrogen-bond acceptors (Lipinski definition) is 12. The van der Waals surface area contributed by atoms with Crippen molar-refractivity contribution in [2.45, 2.75) is 52.6 Å². The minimum atomic E-state index is -1.69. The zero-order valence-electron chi connectivity index (χ0n) is 37.2. The van der Waals surface area contributed by atoms with Crippen molar-refractivity contribution < 1.29 is 38.2 Å². The van der Waals surface area contributed by atoms with Gasteiger partial charge >= 0.3 is 0 Å². The Hall–Kier alpha value is -6.72. The van der Waals surface area contributed by atoms with Crippen molar-refractivity contribution in [3.63, 3.8) is 0 Å². The molecule has 2 unspecified atom stereocenters. The van der Waals surface area contributed by atoms with Gasteiger partial charge in [-0.15, -0.1) is 23.2 Å². The van der Waals surface area contributed by atoms with Crippen LogP contribution in [0.25, 0.3) is 0 Å². The highest BCUT2D eigenvalue weighted by molar-refractivity contribution is 6.37. The normalized spacial score (nSPS) is 12.0. The minimum absolute atomic E-state index is 0.00528. The van der Waals surface area contributed by atoms with Crippen LogP contribution in [-0.4, -0.2) is 72.3 Å². The van der Waals surface area contributed by atoms with Gasteiger partial charge in [0, 0.05) is 41.0 Å². The van der Waals surface area contributed by atoms with Crippen LogP contribution >= 0.6 is 46.4 Å². The van der Waals surface area contributed by atoms with Gasteiger partial charge in [-0.25, -0.2) is 0 Å². The third-order valence-corrected chi connectivity index (χ3v) is 10.8. The third-order valence-electron chi connectivity index (χ3n) is 9.59. The van der Waals surface area contributed by atoms with E-state index in [1.54, 1.807) is 50.2 Å². The Bertz CT molecular complexity index is 2730. The molecule has 4 amide bonds. The number of nitrogens with one attached hydrogen (secondary N) is 4. The van der Waals surface area contributed by atoms with E-state index in [2.05, 4.69) is 41.7 Å². The average Bonchev–Trinajstić information content (AvgIpc) is 3.29. The summed E-state index contributed by atoms with van der Waals surface area (Å²) in [5.41, 5.74) is 3.18. The van der Waals surface area contributed by atoms with Gasteiger partial charge in [-0.2, -0.15) is 20.5 Å². The summed E-state index contributed by atoms with van der Waals surface area (Å²) < 4.78 is 11.7. The zero-order chi connectivity index (χ0) is 49.3. The van der Waals surface area contributed by atoms with Crippen LogP contribution in [0.3, 0.4) is 0 Å². The SMILES string of the molecule is CCOc1cc(NC(=O)C(N=Nc2cccc(C(=O)Nc3cccc(CCCl)c3)c2Cl)C(C)=O)cc(OCC)c1NC(=O)C(N=Nc1cccc(C(=O)Nc2cccc(CCCl)c2)c1Cl)C(C)=O. The maximum absolute atomic E-state index is 13.8. The molecule has 5 aromatic carbocycles. The highest BCUT2D eigenvalue weighted by atomic mass is 35.5. The van der Waals surface area contributed by atoms with Crippen molar-refractivity contribution in [1.29, 1.82) is 0 Å². The average molecular weight is 1000 g/mol. The summed E-state index contributed by atoms with van der Waals surface area (Å²) in [6.45, 7) is 5.83. The quantitative estimate of drug-likeness (QED) is 0.0296. The Kier molecular flexibility index (Phi) is 19.5. The lowest BCUT2D eigenvalue weighted by Gasteiger charge is -2.19. The van der Waals surface area contributed by atoms with Gasteiger partial charge in [0.25, 0.3) is 23.6 Å². The van der Waals surface area contributed by atoms with Crippen LogP contribution < -0.4 is 30.7 Å². The molecule has 0 bridgehead atoms. The van der Waals surface area contributed by atoms with Crippen LogP contribution in [0.5, 0.6) is 11.5 Å². The number of Topliss-reactive ketones (excluding diaryl/α,β-unsaturated/α-hetero) is 2. The van der Waals surface area contributed by atoms with E-state index in [4.69, 9.17) is 55.9 Å². The second-order valence-corrected chi connectivity index (χ2v) is 16.1. The van der Waals surface area contributed by atoms with Gasteiger partial charge in [0.2, 0.25) is 12.1 Å². The lowest BCUT2D eigenvalue weighted by Crippen LogP contribution is -2.32. The Morgan fingerprint density at radius 2 is 0.956 bits per heavy atom. The smallest absolute Gasteiger partial charge is 0.259 e. The maximum atomic E-state index is 13.8. The fourth-order valence-corrected chi connectivity index (χ4v) is 7.31. The number of anilines is 4. The maximum Gasteiger partial charge on any atom is 0.259 e. The van der Waals surface area contributed by atoms with Crippen LogP contribution in [-0.2, 0) is 32.0 Å². The Labute approximate surface area is 412 Å². The van der Waals surface area contributed by atoms with E-state index in [1.807, 2.05) is 12.1 Å². The molecule has 0 fully saturated rings. The highest BCUT2D eigenvalue weighted by Gasteiger charge is 2.29. The van der Waals surface area contributed by atoms with Crippen LogP contribution in [0.1, 0.15) is 59.5 Å². The second-order valence-electron chi connectivity index (χ2n) is 14.6.